The molecule has 1 aromatic rings. The third-order valence-electron chi connectivity index (χ3n) is 3.39. The van der Waals surface area contributed by atoms with Gasteiger partial charge < -0.3 is 5.73 Å². The molecule has 100 valence electrons. The minimum atomic E-state index is -3.63. The fourth-order valence-corrected chi connectivity index (χ4v) is 3.93. The number of aryl methyl sites for hydroxylation is 1. The molecule has 0 heterocycles. The lowest BCUT2D eigenvalue weighted by Crippen LogP contribution is -2.28. The van der Waals surface area contributed by atoms with Gasteiger partial charge in [-0.05, 0) is 43.4 Å². The molecule has 2 atom stereocenters. The lowest BCUT2D eigenvalue weighted by Gasteiger charge is -2.14. The molecule has 0 spiro atoms. The van der Waals surface area contributed by atoms with Gasteiger partial charge >= 0.3 is 0 Å². The maximum Gasteiger partial charge on any atom is 0.241 e. The maximum atomic E-state index is 13.4. The number of hydrogen-bond donors (Lipinski definition) is 2. The van der Waals surface area contributed by atoms with E-state index in [-0.39, 0.29) is 22.2 Å². The van der Waals surface area contributed by atoms with Crippen LogP contribution in [-0.2, 0) is 10.0 Å². The predicted molar refractivity (Wildman–Crippen MR) is 68.2 cm³/mol. The summed E-state index contributed by atoms with van der Waals surface area (Å²) in [6, 6.07) is 1.15. The summed E-state index contributed by atoms with van der Waals surface area (Å²) >= 11 is 0. The van der Waals surface area contributed by atoms with Crippen molar-refractivity contribution in [2.75, 3.05) is 5.73 Å². The van der Waals surface area contributed by atoms with Crippen LogP contribution >= 0.6 is 0 Å². The number of nitrogen functional groups attached to an aromatic ring is 1. The second-order valence-corrected chi connectivity index (χ2v) is 6.63. The molecule has 2 rings (SSSR count). The van der Waals surface area contributed by atoms with E-state index in [1.54, 1.807) is 6.92 Å². The zero-order valence-corrected chi connectivity index (χ0v) is 11.4. The Hall–Kier alpha value is -1.14. The number of rotatable bonds is 3. The van der Waals surface area contributed by atoms with Crippen LogP contribution in [0.3, 0.4) is 0 Å². The van der Waals surface area contributed by atoms with Crippen LogP contribution in [0.25, 0.3) is 0 Å². The van der Waals surface area contributed by atoms with E-state index < -0.39 is 15.8 Å². The molecule has 1 aliphatic rings. The normalized spacial score (nSPS) is 23.1. The molecular formula is C12H17FN2O2S. The summed E-state index contributed by atoms with van der Waals surface area (Å²) in [5, 5.41) is 0. The maximum absolute atomic E-state index is 13.4. The largest absolute Gasteiger partial charge is 0.396 e. The second kappa shape index (κ2) is 4.20. The fraction of sp³-hybridized carbons (Fsp3) is 0.500. The average molecular weight is 272 g/mol. The highest BCUT2D eigenvalue weighted by molar-refractivity contribution is 7.89. The summed E-state index contributed by atoms with van der Waals surface area (Å²) in [5.41, 5.74) is 6.09. The van der Waals surface area contributed by atoms with Gasteiger partial charge in [-0.2, -0.15) is 0 Å². The van der Waals surface area contributed by atoms with Gasteiger partial charge in [0, 0.05) is 6.04 Å². The van der Waals surface area contributed by atoms with Crippen molar-refractivity contribution in [1.82, 2.24) is 4.72 Å². The molecule has 1 saturated carbocycles. The van der Waals surface area contributed by atoms with E-state index in [1.165, 1.54) is 6.92 Å². The smallest absolute Gasteiger partial charge is 0.241 e. The van der Waals surface area contributed by atoms with Crippen LogP contribution in [0.1, 0.15) is 24.5 Å². The lowest BCUT2D eigenvalue weighted by atomic mass is 10.1. The first-order chi connectivity index (χ1) is 8.24. The first kappa shape index (κ1) is 13.3. The van der Waals surface area contributed by atoms with Crippen LogP contribution in [0.5, 0.6) is 0 Å². The van der Waals surface area contributed by atoms with Crippen LogP contribution in [-0.4, -0.2) is 14.5 Å². The van der Waals surface area contributed by atoms with Crippen molar-refractivity contribution in [3.63, 3.8) is 0 Å². The highest BCUT2D eigenvalue weighted by atomic mass is 32.2. The van der Waals surface area contributed by atoms with Crippen molar-refractivity contribution in [3.8, 4) is 0 Å². The molecule has 0 radical (unpaired) electrons. The van der Waals surface area contributed by atoms with Gasteiger partial charge in [-0.25, -0.2) is 17.5 Å². The molecule has 2 unspecified atom stereocenters. The Bertz CT molecular complexity index is 599. The molecule has 0 amide bonds. The van der Waals surface area contributed by atoms with Crippen molar-refractivity contribution >= 4 is 15.7 Å². The Kier molecular flexibility index (Phi) is 3.11. The molecule has 1 aliphatic carbocycles. The van der Waals surface area contributed by atoms with Gasteiger partial charge in [-0.1, -0.05) is 6.92 Å². The van der Waals surface area contributed by atoms with E-state index in [0.29, 0.717) is 11.5 Å². The first-order valence-electron chi connectivity index (χ1n) is 5.81. The number of hydrogen-bond acceptors (Lipinski definition) is 3. The number of anilines is 1. The van der Waals surface area contributed by atoms with E-state index >= 15 is 0 Å². The van der Waals surface area contributed by atoms with Crippen LogP contribution in [0.2, 0.25) is 0 Å². The highest BCUT2D eigenvalue weighted by Crippen LogP contribution is 2.33. The predicted octanol–water partition coefficient (Wildman–Crippen LogP) is 1.71. The molecule has 0 aliphatic heterocycles. The number of halogens is 1. The Morgan fingerprint density at radius 1 is 1.44 bits per heavy atom. The fourth-order valence-electron chi connectivity index (χ4n) is 2.09. The van der Waals surface area contributed by atoms with E-state index in [0.717, 1.165) is 12.5 Å². The molecule has 0 aromatic heterocycles. The molecule has 0 bridgehead atoms. The minimum absolute atomic E-state index is 0.0138. The van der Waals surface area contributed by atoms with Crippen molar-refractivity contribution in [3.05, 3.63) is 23.0 Å². The SMILES string of the molecule is Cc1cc(F)c(N)c(C)c1S(=O)(=O)NC1CC1C. The van der Waals surface area contributed by atoms with Gasteiger partial charge in [0.1, 0.15) is 5.82 Å². The summed E-state index contributed by atoms with van der Waals surface area (Å²) in [7, 11) is -3.63. The molecule has 6 heteroatoms. The Morgan fingerprint density at radius 3 is 2.50 bits per heavy atom. The van der Waals surface area contributed by atoms with Crippen LogP contribution < -0.4 is 10.5 Å². The number of nitrogens with one attached hydrogen (secondary N) is 1. The topological polar surface area (TPSA) is 72.2 Å². The first-order valence-corrected chi connectivity index (χ1v) is 7.30. The van der Waals surface area contributed by atoms with Crippen LogP contribution in [0.15, 0.2) is 11.0 Å². The van der Waals surface area contributed by atoms with Gasteiger partial charge in [0.05, 0.1) is 10.6 Å². The third-order valence-corrected chi connectivity index (χ3v) is 5.17. The quantitative estimate of drug-likeness (QED) is 0.823. The van der Waals surface area contributed by atoms with Gasteiger partial charge in [0.15, 0.2) is 0 Å². The van der Waals surface area contributed by atoms with Gasteiger partial charge in [-0.3, -0.25) is 0 Å². The lowest BCUT2D eigenvalue weighted by molar-refractivity contribution is 0.576. The number of benzene rings is 1. The van der Waals surface area contributed by atoms with Gasteiger partial charge in [0.2, 0.25) is 10.0 Å². The summed E-state index contributed by atoms with van der Waals surface area (Å²) < 4.78 is 40.5. The monoisotopic (exact) mass is 272 g/mol. The molecular weight excluding hydrogens is 255 g/mol. The highest BCUT2D eigenvalue weighted by Gasteiger charge is 2.37. The summed E-state index contributed by atoms with van der Waals surface area (Å²) in [4.78, 5) is 0.0977. The van der Waals surface area contributed by atoms with E-state index in [2.05, 4.69) is 4.72 Å². The van der Waals surface area contributed by atoms with E-state index in [9.17, 15) is 12.8 Å². The molecule has 0 saturated heterocycles. The second-order valence-electron chi connectivity index (χ2n) is 4.98. The summed E-state index contributed by atoms with van der Waals surface area (Å²) in [5.74, 6) is -0.220. The van der Waals surface area contributed by atoms with Crippen molar-refractivity contribution in [2.45, 2.75) is 38.1 Å². The summed E-state index contributed by atoms with van der Waals surface area (Å²) in [6.45, 7) is 5.07. The van der Waals surface area contributed by atoms with Crippen molar-refractivity contribution < 1.29 is 12.8 Å². The Labute approximate surface area is 106 Å². The number of nitrogens with two attached hydrogens (primary N) is 1. The van der Waals surface area contributed by atoms with E-state index in [4.69, 9.17) is 5.73 Å². The van der Waals surface area contributed by atoms with Crippen LogP contribution in [0, 0.1) is 25.6 Å². The number of sulfonamides is 1. The summed E-state index contributed by atoms with van der Waals surface area (Å²) in [6.07, 6.45) is 0.841. The van der Waals surface area contributed by atoms with Gasteiger partial charge in [-0.15, -0.1) is 0 Å². The Morgan fingerprint density at radius 2 is 2.00 bits per heavy atom. The van der Waals surface area contributed by atoms with Crippen LogP contribution in [0.4, 0.5) is 10.1 Å². The molecule has 1 aromatic carbocycles. The minimum Gasteiger partial charge on any atom is -0.396 e. The van der Waals surface area contributed by atoms with Gasteiger partial charge in [0.25, 0.3) is 0 Å². The molecule has 1 fully saturated rings. The third kappa shape index (κ3) is 2.22. The van der Waals surface area contributed by atoms with Crippen molar-refractivity contribution in [2.24, 2.45) is 5.92 Å². The van der Waals surface area contributed by atoms with Crippen molar-refractivity contribution in [1.29, 1.82) is 0 Å². The molecule has 4 nitrogen and oxygen atoms in total. The van der Waals surface area contributed by atoms with E-state index in [1.807, 2.05) is 6.92 Å². The Balaban J connectivity index is 2.47. The zero-order valence-electron chi connectivity index (χ0n) is 10.6. The molecule has 3 N–H and O–H groups in total. The standard InChI is InChI=1S/C12H17FN2O2S/c1-6-5-10(6)15-18(16,17)12-7(2)4-9(13)11(14)8(12)3/h4,6,10,15H,5,14H2,1-3H3. The average Bonchev–Trinajstić information content (AvgIpc) is 2.89. The molecule has 18 heavy (non-hydrogen) atoms. The zero-order chi connectivity index (χ0) is 13.7.